The van der Waals surface area contributed by atoms with Crippen LogP contribution in [0.3, 0.4) is 0 Å². The molecule has 1 rings (SSSR count). The van der Waals surface area contributed by atoms with E-state index in [0.717, 1.165) is 0 Å². The maximum absolute atomic E-state index is 12.7. The molecule has 0 saturated carbocycles. The SMILES string of the molecule is O=C(O)C(F)(F)Oc1c(Cl)cc(Br)cc1Cl. The van der Waals surface area contributed by atoms with E-state index in [2.05, 4.69) is 20.7 Å². The minimum absolute atomic E-state index is 0.222. The predicted molar refractivity (Wildman–Crippen MR) is 57.4 cm³/mol. The third kappa shape index (κ3) is 2.96. The summed E-state index contributed by atoms with van der Waals surface area (Å²) in [6.45, 7) is 0. The van der Waals surface area contributed by atoms with Gasteiger partial charge in [-0.25, -0.2) is 4.79 Å². The molecule has 0 radical (unpaired) electrons. The zero-order valence-corrected chi connectivity index (χ0v) is 10.4. The fourth-order valence-corrected chi connectivity index (χ4v) is 2.08. The maximum Gasteiger partial charge on any atom is 0.502 e. The number of hydrogen-bond donors (Lipinski definition) is 1. The summed E-state index contributed by atoms with van der Waals surface area (Å²) in [5, 5.41) is 7.72. The van der Waals surface area contributed by atoms with E-state index < -0.39 is 17.8 Å². The van der Waals surface area contributed by atoms with Crippen LogP contribution in [0.4, 0.5) is 8.78 Å². The van der Waals surface area contributed by atoms with Crippen LogP contribution in [0.1, 0.15) is 0 Å². The number of carboxylic acid groups (broad SMARTS) is 1. The molecule has 0 aromatic heterocycles. The van der Waals surface area contributed by atoms with E-state index in [1.807, 2.05) is 0 Å². The Bertz CT molecular complexity index is 416. The zero-order valence-electron chi connectivity index (χ0n) is 7.31. The summed E-state index contributed by atoms with van der Waals surface area (Å²) >= 11 is 14.2. The summed E-state index contributed by atoms with van der Waals surface area (Å²) in [5.74, 6) is -3.01. The minimum atomic E-state index is -4.39. The molecule has 1 aromatic rings. The second kappa shape index (κ2) is 4.73. The van der Waals surface area contributed by atoms with Crippen molar-refractivity contribution in [2.75, 3.05) is 0 Å². The molecule has 0 saturated heterocycles. The first-order valence-corrected chi connectivity index (χ1v) is 5.23. The van der Waals surface area contributed by atoms with Crippen molar-refractivity contribution in [3.63, 3.8) is 0 Å². The van der Waals surface area contributed by atoms with Crippen LogP contribution in [0, 0.1) is 0 Å². The molecule has 0 heterocycles. The summed E-state index contributed by atoms with van der Waals surface area (Å²) in [6.07, 6.45) is -4.39. The molecule has 0 fully saturated rings. The Labute approximate surface area is 107 Å². The standard InChI is InChI=1S/C8H3BrCl2F2O3/c9-3-1-4(10)6(5(11)2-3)16-8(12,13)7(14)15/h1-2H,(H,14,15). The van der Waals surface area contributed by atoms with Gasteiger partial charge in [-0.2, -0.15) is 8.78 Å². The highest BCUT2D eigenvalue weighted by Crippen LogP contribution is 2.38. The van der Waals surface area contributed by atoms with E-state index in [1.165, 1.54) is 12.1 Å². The van der Waals surface area contributed by atoms with Gasteiger partial charge in [0.1, 0.15) is 0 Å². The number of halogens is 5. The van der Waals surface area contributed by atoms with Gasteiger partial charge in [0.15, 0.2) is 5.75 Å². The van der Waals surface area contributed by atoms with Crippen LogP contribution < -0.4 is 4.74 Å². The summed E-state index contributed by atoms with van der Waals surface area (Å²) in [7, 11) is 0. The number of carboxylic acids is 1. The molecule has 0 spiro atoms. The van der Waals surface area contributed by atoms with Gasteiger partial charge in [0.2, 0.25) is 0 Å². The van der Waals surface area contributed by atoms with Gasteiger partial charge in [-0.1, -0.05) is 39.1 Å². The highest BCUT2D eigenvalue weighted by Gasteiger charge is 2.43. The lowest BCUT2D eigenvalue weighted by molar-refractivity contribution is -0.210. The van der Waals surface area contributed by atoms with Crippen molar-refractivity contribution in [1.29, 1.82) is 0 Å². The van der Waals surface area contributed by atoms with Crippen molar-refractivity contribution in [1.82, 2.24) is 0 Å². The van der Waals surface area contributed by atoms with Gasteiger partial charge in [-0.05, 0) is 12.1 Å². The largest absolute Gasteiger partial charge is 0.502 e. The Kier molecular flexibility index (Phi) is 3.98. The molecule has 16 heavy (non-hydrogen) atoms. The van der Waals surface area contributed by atoms with Gasteiger partial charge in [0, 0.05) is 4.47 Å². The van der Waals surface area contributed by atoms with Gasteiger partial charge in [-0.15, -0.1) is 0 Å². The molecule has 0 aliphatic carbocycles. The molecule has 0 amide bonds. The molecule has 88 valence electrons. The molecule has 0 atom stereocenters. The molecule has 0 aliphatic heterocycles. The van der Waals surface area contributed by atoms with Crippen molar-refractivity contribution in [2.45, 2.75) is 6.11 Å². The highest BCUT2D eigenvalue weighted by molar-refractivity contribution is 9.10. The average Bonchev–Trinajstić information content (AvgIpc) is 2.11. The minimum Gasteiger partial charge on any atom is -0.474 e. The quantitative estimate of drug-likeness (QED) is 0.913. The molecular weight excluding hydrogens is 333 g/mol. The average molecular weight is 336 g/mol. The lowest BCUT2D eigenvalue weighted by Gasteiger charge is -2.15. The van der Waals surface area contributed by atoms with Crippen LogP contribution in [0.15, 0.2) is 16.6 Å². The smallest absolute Gasteiger partial charge is 0.474 e. The van der Waals surface area contributed by atoms with Crippen LogP contribution >= 0.6 is 39.1 Å². The lowest BCUT2D eigenvalue weighted by Crippen LogP contribution is -2.35. The number of rotatable bonds is 3. The number of aliphatic carboxylic acids is 1. The number of hydrogen-bond acceptors (Lipinski definition) is 2. The van der Waals surface area contributed by atoms with Gasteiger partial charge in [-0.3, -0.25) is 0 Å². The topological polar surface area (TPSA) is 46.5 Å². The van der Waals surface area contributed by atoms with Crippen LogP contribution in [0.2, 0.25) is 10.0 Å². The Hall–Kier alpha value is -0.590. The summed E-state index contributed by atoms with van der Waals surface area (Å²) in [5.41, 5.74) is 0. The molecule has 3 nitrogen and oxygen atoms in total. The molecule has 1 aromatic carbocycles. The van der Waals surface area contributed by atoms with E-state index in [-0.39, 0.29) is 10.0 Å². The van der Waals surface area contributed by atoms with Crippen molar-refractivity contribution in [3.05, 3.63) is 26.7 Å². The zero-order chi connectivity index (χ0) is 12.5. The van der Waals surface area contributed by atoms with Gasteiger partial charge < -0.3 is 9.84 Å². The Balaban J connectivity index is 3.11. The van der Waals surface area contributed by atoms with E-state index >= 15 is 0 Å². The lowest BCUT2D eigenvalue weighted by atomic mass is 10.3. The van der Waals surface area contributed by atoms with E-state index in [4.69, 9.17) is 28.3 Å². The highest BCUT2D eigenvalue weighted by atomic mass is 79.9. The van der Waals surface area contributed by atoms with Crippen molar-refractivity contribution >= 4 is 45.1 Å². The van der Waals surface area contributed by atoms with Crippen LogP contribution in [-0.2, 0) is 4.79 Å². The number of alkyl halides is 2. The van der Waals surface area contributed by atoms with Gasteiger partial charge in [0.25, 0.3) is 0 Å². The summed E-state index contributed by atoms with van der Waals surface area (Å²) < 4.78 is 29.9. The molecule has 0 unspecified atom stereocenters. The van der Waals surface area contributed by atoms with Crippen LogP contribution in [-0.4, -0.2) is 17.2 Å². The first kappa shape index (κ1) is 13.5. The predicted octanol–water partition coefficient (Wildman–Crippen LogP) is 3.81. The molecule has 8 heteroatoms. The Morgan fingerprint density at radius 1 is 1.38 bits per heavy atom. The van der Waals surface area contributed by atoms with Crippen molar-refractivity contribution < 1.29 is 23.4 Å². The first-order valence-electron chi connectivity index (χ1n) is 3.69. The first-order chi connectivity index (χ1) is 7.24. The fourth-order valence-electron chi connectivity index (χ4n) is 0.798. The van der Waals surface area contributed by atoms with E-state index in [0.29, 0.717) is 4.47 Å². The van der Waals surface area contributed by atoms with E-state index in [1.54, 1.807) is 0 Å². The number of ether oxygens (including phenoxy) is 1. The van der Waals surface area contributed by atoms with Crippen LogP contribution in [0.25, 0.3) is 0 Å². The summed E-state index contributed by atoms with van der Waals surface area (Å²) in [6, 6.07) is 2.50. The van der Waals surface area contributed by atoms with Crippen LogP contribution in [0.5, 0.6) is 5.75 Å². The second-order valence-corrected chi connectivity index (χ2v) is 4.35. The van der Waals surface area contributed by atoms with Crippen molar-refractivity contribution in [3.8, 4) is 5.75 Å². The maximum atomic E-state index is 12.7. The summed E-state index contributed by atoms with van der Waals surface area (Å²) in [4.78, 5) is 10.1. The fraction of sp³-hybridized carbons (Fsp3) is 0.125. The third-order valence-electron chi connectivity index (χ3n) is 1.44. The monoisotopic (exact) mass is 334 g/mol. The van der Waals surface area contributed by atoms with Gasteiger partial charge >= 0.3 is 12.1 Å². The van der Waals surface area contributed by atoms with Gasteiger partial charge in [0.05, 0.1) is 10.0 Å². The molecule has 0 aliphatic rings. The number of carbonyl (C=O) groups is 1. The second-order valence-electron chi connectivity index (χ2n) is 2.62. The Morgan fingerprint density at radius 2 is 1.81 bits per heavy atom. The Morgan fingerprint density at radius 3 is 2.19 bits per heavy atom. The molecular formula is C8H3BrCl2F2O3. The molecule has 0 bridgehead atoms. The van der Waals surface area contributed by atoms with Crippen molar-refractivity contribution in [2.24, 2.45) is 0 Å². The number of benzene rings is 1. The molecule has 1 N–H and O–H groups in total. The van der Waals surface area contributed by atoms with E-state index in [9.17, 15) is 13.6 Å². The normalized spacial score (nSPS) is 11.3. The third-order valence-corrected chi connectivity index (χ3v) is 2.46.